The highest BCUT2D eigenvalue weighted by molar-refractivity contribution is 8.13. The van der Waals surface area contributed by atoms with E-state index in [9.17, 15) is 26.4 Å². The summed E-state index contributed by atoms with van der Waals surface area (Å²) in [6.07, 6.45) is 1.78. The number of sulfonamides is 1. The van der Waals surface area contributed by atoms with Crippen molar-refractivity contribution < 1.29 is 35.9 Å². The number of nitrogens with one attached hydrogen (secondary N) is 1. The van der Waals surface area contributed by atoms with Crippen molar-refractivity contribution in [2.45, 2.75) is 59.6 Å². The molecule has 15 heteroatoms. The smallest absolute Gasteiger partial charge is 0.261 e. The van der Waals surface area contributed by atoms with Gasteiger partial charge in [0.05, 0.1) is 48.3 Å². The van der Waals surface area contributed by atoms with E-state index in [1.165, 1.54) is 40.7 Å². The highest BCUT2D eigenvalue weighted by Gasteiger charge is 2.45. The van der Waals surface area contributed by atoms with Gasteiger partial charge in [0.25, 0.3) is 9.05 Å². The zero-order valence-electron chi connectivity index (χ0n) is 21.7. The van der Waals surface area contributed by atoms with Crippen LogP contribution in [-0.2, 0) is 38.1 Å². The molecule has 0 spiro atoms. The molecule has 4 heterocycles. The van der Waals surface area contributed by atoms with Crippen LogP contribution in [0, 0.1) is 0 Å². The molecule has 4 atom stereocenters. The Morgan fingerprint density at radius 1 is 0.659 bits per heavy atom. The number of hydrogen-bond donors (Lipinski definition) is 1. The van der Waals surface area contributed by atoms with Crippen molar-refractivity contribution in [3.8, 4) is 0 Å². The lowest BCUT2D eigenvalue weighted by Gasteiger charge is -2.43. The minimum absolute atomic E-state index is 0.0589. The van der Waals surface area contributed by atoms with Gasteiger partial charge in [-0.05, 0) is 48.5 Å². The molecule has 0 amide bonds. The van der Waals surface area contributed by atoms with E-state index in [0.717, 1.165) is 0 Å². The lowest BCUT2D eigenvalue weighted by atomic mass is 9.96. The third kappa shape index (κ3) is 8.71. The first-order valence-corrected chi connectivity index (χ1v) is 17.3. The van der Waals surface area contributed by atoms with Gasteiger partial charge in [-0.3, -0.25) is 9.59 Å². The molecule has 4 unspecified atom stereocenters. The molecule has 0 aliphatic carbocycles. The zero-order valence-corrected chi connectivity index (χ0v) is 25.6. The fraction of sp³-hybridized carbons (Fsp3) is 0.462. The number of hydrogen-bond acceptors (Lipinski definition) is 9. The average Bonchev–Trinajstić information content (AvgIpc) is 2.88. The molecule has 2 aromatic rings. The number of Topliss-reactive ketones (excluding diaryl/α,β-unsaturated/α-hetero) is 2. The second-order valence-corrected chi connectivity index (χ2v) is 15.3. The molecule has 4 bridgehead atoms. The summed E-state index contributed by atoms with van der Waals surface area (Å²) in [5.41, 5.74) is 0. The fourth-order valence-electron chi connectivity index (χ4n) is 5.06. The van der Waals surface area contributed by atoms with Crippen LogP contribution in [0.5, 0.6) is 0 Å². The van der Waals surface area contributed by atoms with Gasteiger partial charge in [0.1, 0.15) is 11.6 Å². The number of ketones is 2. The molecule has 4 aliphatic rings. The van der Waals surface area contributed by atoms with Crippen molar-refractivity contribution in [1.82, 2.24) is 9.62 Å². The van der Waals surface area contributed by atoms with Crippen LogP contribution in [-0.4, -0.2) is 83.3 Å². The van der Waals surface area contributed by atoms with Gasteiger partial charge in [0.2, 0.25) is 10.0 Å². The van der Waals surface area contributed by atoms with Crippen LogP contribution in [0.3, 0.4) is 0 Å². The van der Waals surface area contributed by atoms with Gasteiger partial charge in [0, 0.05) is 58.5 Å². The Balaban J connectivity index is 0.000000156. The third-order valence-electron chi connectivity index (χ3n) is 6.81. The normalized spacial score (nSPS) is 26.2. The van der Waals surface area contributed by atoms with Crippen molar-refractivity contribution in [1.29, 1.82) is 0 Å². The summed E-state index contributed by atoms with van der Waals surface area (Å²) in [4.78, 5) is 22.9. The number of nitrogens with zero attached hydrogens (tertiary/aromatic N) is 1. The van der Waals surface area contributed by atoms with Crippen LogP contribution in [0.25, 0.3) is 0 Å². The zero-order chi connectivity index (χ0) is 29.8. The van der Waals surface area contributed by atoms with Crippen molar-refractivity contribution in [3.05, 3.63) is 58.6 Å². The minimum Gasteiger partial charge on any atom is -0.378 e. The van der Waals surface area contributed by atoms with Crippen molar-refractivity contribution in [3.63, 3.8) is 0 Å². The monoisotopic (exact) mass is 666 g/mol. The van der Waals surface area contributed by atoms with Crippen molar-refractivity contribution in [2.24, 2.45) is 0 Å². The highest BCUT2D eigenvalue weighted by Crippen LogP contribution is 2.32. The van der Waals surface area contributed by atoms with Gasteiger partial charge in [-0.25, -0.2) is 16.8 Å². The second-order valence-electron chi connectivity index (χ2n) is 10.0. The predicted molar refractivity (Wildman–Crippen MR) is 153 cm³/mol. The Morgan fingerprint density at radius 2 is 1.07 bits per heavy atom. The first kappa shape index (κ1) is 32.3. The number of rotatable bonds is 3. The van der Waals surface area contributed by atoms with E-state index in [2.05, 4.69) is 5.32 Å². The molecule has 4 fully saturated rings. The van der Waals surface area contributed by atoms with Crippen LogP contribution in [0.15, 0.2) is 58.3 Å². The molecule has 224 valence electrons. The molecular weight excluding hydrogens is 639 g/mol. The molecular formula is C26H29Cl3N2O8S2. The summed E-state index contributed by atoms with van der Waals surface area (Å²) in [5, 5.41) is 4.31. The van der Waals surface area contributed by atoms with Crippen LogP contribution in [0.1, 0.15) is 25.7 Å². The number of halogens is 3. The van der Waals surface area contributed by atoms with E-state index in [4.69, 9.17) is 43.4 Å². The van der Waals surface area contributed by atoms with Crippen LogP contribution < -0.4 is 5.32 Å². The minimum atomic E-state index is -3.62. The lowest BCUT2D eigenvalue weighted by molar-refractivity contribution is -0.129. The molecule has 1 N–H and O–H groups in total. The predicted octanol–water partition coefficient (Wildman–Crippen LogP) is 3.43. The Morgan fingerprint density at radius 3 is 1.54 bits per heavy atom. The molecule has 4 saturated heterocycles. The summed E-state index contributed by atoms with van der Waals surface area (Å²) < 4.78 is 58.9. The number of carbonyl (C=O) groups is 2. The number of benzene rings is 2. The van der Waals surface area contributed by atoms with E-state index in [1.54, 1.807) is 12.1 Å². The molecule has 0 radical (unpaired) electrons. The van der Waals surface area contributed by atoms with Crippen LogP contribution in [0.2, 0.25) is 10.0 Å². The summed E-state index contributed by atoms with van der Waals surface area (Å²) in [6.45, 7) is 1.97. The summed E-state index contributed by atoms with van der Waals surface area (Å²) in [5.74, 6) is 0.489. The number of fused-ring (bicyclic) bond motifs is 4. The third-order valence-corrected chi connectivity index (χ3v) is 10.7. The fourth-order valence-corrected chi connectivity index (χ4v) is 7.86. The van der Waals surface area contributed by atoms with E-state index >= 15 is 0 Å². The van der Waals surface area contributed by atoms with Gasteiger partial charge in [0.15, 0.2) is 0 Å². The largest absolute Gasteiger partial charge is 0.378 e. The molecule has 6 rings (SSSR count). The Bertz CT molecular complexity index is 1420. The topological polar surface area (TPSA) is 136 Å². The Kier molecular flexibility index (Phi) is 10.9. The molecule has 0 saturated carbocycles. The quantitative estimate of drug-likeness (QED) is 0.489. The maximum absolute atomic E-state index is 12.7. The molecule has 10 nitrogen and oxygen atoms in total. The second kappa shape index (κ2) is 13.8. The number of morpholine rings is 2. The lowest BCUT2D eigenvalue weighted by Crippen LogP contribution is -2.59. The molecule has 2 aromatic carbocycles. The maximum atomic E-state index is 12.7. The summed E-state index contributed by atoms with van der Waals surface area (Å²) in [6, 6.07) is 11.6. The van der Waals surface area contributed by atoms with Gasteiger partial charge in [-0.1, -0.05) is 23.2 Å². The van der Waals surface area contributed by atoms with E-state index in [1.807, 2.05) is 0 Å². The van der Waals surface area contributed by atoms with E-state index in [0.29, 0.717) is 54.0 Å². The number of carbonyl (C=O) groups excluding carboxylic acids is 2. The first-order chi connectivity index (χ1) is 19.3. The standard InChI is InChI=1S/C13H14ClNO4S.C7H11NO2.C6H4Cl2O2S/c14-9-1-3-13(4-2-9)20(17,18)15-10-5-12(16)6-11(15)8-19-7-10;9-7-1-5-3-10-4-6(2-7)8-5;7-5-1-3-6(4-2-5)11(8,9)10/h1-4,10-11H,5-8H2;5-6,8H,1-4H2;1-4H. The number of ether oxygens (including phenoxy) is 2. The van der Waals surface area contributed by atoms with Crippen LogP contribution in [0.4, 0.5) is 0 Å². The Hall–Kier alpha value is -1.61. The SMILES string of the molecule is O=C1CC2COCC(C1)N2.O=C1CC2COCC(C1)N2S(=O)(=O)c1ccc(Cl)cc1.O=S(=O)(Cl)c1ccc(Cl)cc1. The Labute approximate surface area is 253 Å². The van der Waals surface area contributed by atoms with Crippen LogP contribution >= 0.6 is 33.9 Å². The molecule has 4 aliphatic heterocycles. The highest BCUT2D eigenvalue weighted by atomic mass is 35.7. The van der Waals surface area contributed by atoms with Gasteiger partial charge in [-0.15, -0.1) is 0 Å². The van der Waals surface area contributed by atoms with Gasteiger partial charge in [-0.2, -0.15) is 4.31 Å². The van der Waals surface area contributed by atoms with E-state index in [-0.39, 0.29) is 41.6 Å². The molecule has 41 heavy (non-hydrogen) atoms. The first-order valence-electron chi connectivity index (χ1n) is 12.8. The maximum Gasteiger partial charge on any atom is 0.261 e. The molecule has 0 aromatic heterocycles. The van der Waals surface area contributed by atoms with Crippen molar-refractivity contribution >= 4 is 64.5 Å². The van der Waals surface area contributed by atoms with Gasteiger partial charge >= 0.3 is 0 Å². The van der Waals surface area contributed by atoms with Gasteiger partial charge < -0.3 is 14.8 Å². The van der Waals surface area contributed by atoms with Crippen molar-refractivity contribution in [2.75, 3.05) is 26.4 Å². The summed E-state index contributed by atoms with van der Waals surface area (Å²) >= 11 is 11.3. The average molecular weight is 668 g/mol. The summed E-state index contributed by atoms with van der Waals surface area (Å²) in [7, 11) is -2.18. The van der Waals surface area contributed by atoms with E-state index < -0.39 is 31.2 Å². The number of piperidine rings is 2.